The van der Waals surface area contributed by atoms with E-state index in [1.807, 2.05) is 12.4 Å². The standard InChI is InChI=1S/C14H18N4OS/c15-8-17-11-6-10(11)13(19)18-14-16-7-12(20-14)9-4-2-1-3-5-9/h7,9-11,17H,1-6H2,(H,16,18,19)/t10-,11-/m1/s1. The Labute approximate surface area is 122 Å². The molecular formula is C14H18N4OS. The lowest BCUT2D eigenvalue weighted by atomic mass is 9.89. The summed E-state index contributed by atoms with van der Waals surface area (Å²) in [7, 11) is 0. The van der Waals surface area contributed by atoms with Gasteiger partial charge in [0.05, 0.1) is 5.92 Å². The zero-order valence-corrected chi connectivity index (χ0v) is 12.1. The van der Waals surface area contributed by atoms with Gasteiger partial charge in [0, 0.05) is 17.1 Å². The number of nitrogens with zero attached hydrogens (tertiary/aromatic N) is 2. The zero-order valence-electron chi connectivity index (χ0n) is 11.3. The second-order valence-electron chi connectivity index (χ2n) is 5.60. The molecule has 0 radical (unpaired) electrons. The van der Waals surface area contributed by atoms with E-state index in [0.29, 0.717) is 11.0 Å². The van der Waals surface area contributed by atoms with Gasteiger partial charge in [-0.3, -0.25) is 4.79 Å². The summed E-state index contributed by atoms with van der Waals surface area (Å²) >= 11 is 1.60. The fourth-order valence-corrected chi connectivity index (χ4v) is 3.83. The quantitative estimate of drug-likeness (QED) is 0.660. The lowest BCUT2D eigenvalue weighted by molar-refractivity contribution is -0.117. The first-order chi connectivity index (χ1) is 9.78. The molecule has 106 valence electrons. The number of nitrogens with one attached hydrogen (secondary N) is 2. The second kappa shape index (κ2) is 5.80. The Morgan fingerprint density at radius 3 is 2.95 bits per heavy atom. The van der Waals surface area contributed by atoms with Crippen LogP contribution in [0.4, 0.5) is 5.13 Å². The second-order valence-corrected chi connectivity index (χ2v) is 6.66. The smallest absolute Gasteiger partial charge is 0.231 e. The van der Waals surface area contributed by atoms with Crippen LogP contribution in [0.15, 0.2) is 6.20 Å². The van der Waals surface area contributed by atoms with Crippen molar-refractivity contribution < 1.29 is 4.79 Å². The van der Waals surface area contributed by atoms with Crippen LogP contribution in [-0.4, -0.2) is 16.9 Å². The SMILES string of the molecule is N#CN[C@@H]1C[C@H]1C(=O)Nc1ncc(C2CCCCC2)s1. The minimum Gasteiger partial charge on any atom is -0.320 e. The van der Waals surface area contributed by atoms with Gasteiger partial charge in [0.2, 0.25) is 5.91 Å². The third kappa shape index (κ3) is 2.93. The highest BCUT2D eigenvalue weighted by Crippen LogP contribution is 2.37. The molecule has 2 aliphatic rings. The van der Waals surface area contributed by atoms with Gasteiger partial charge in [0.25, 0.3) is 0 Å². The first kappa shape index (κ1) is 13.4. The summed E-state index contributed by atoms with van der Waals surface area (Å²) in [4.78, 5) is 17.6. The van der Waals surface area contributed by atoms with E-state index in [0.717, 1.165) is 6.42 Å². The summed E-state index contributed by atoms with van der Waals surface area (Å²) in [6, 6.07) is 0.0118. The Morgan fingerprint density at radius 2 is 2.20 bits per heavy atom. The van der Waals surface area contributed by atoms with Crippen molar-refractivity contribution in [2.75, 3.05) is 5.32 Å². The van der Waals surface area contributed by atoms with Crippen molar-refractivity contribution in [3.63, 3.8) is 0 Å². The van der Waals surface area contributed by atoms with Gasteiger partial charge in [0.1, 0.15) is 0 Å². The van der Waals surface area contributed by atoms with Gasteiger partial charge in [-0.2, -0.15) is 5.26 Å². The van der Waals surface area contributed by atoms with Crippen LogP contribution in [-0.2, 0) is 4.79 Å². The highest BCUT2D eigenvalue weighted by Gasteiger charge is 2.43. The molecule has 0 unspecified atom stereocenters. The molecule has 1 aromatic rings. The van der Waals surface area contributed by atoms with Gasteiger partial charge in [-0.15, -0.1) is 11.3 Å². The summed E-state index contributed by atoms with van der Waals surface area (Å²) in [5, 5.41) is 14.7. The number of hydrogen-bond donors (Lipinski definition) is 2. The number of aromatic nitrogens is 1. The van der Waals surface area contributed by atoms with E-state index in [1.54, 1.807) is 11.3 Å². The Balaban J connectivity index is 1.55. The molecule has 2 fully saturated rings. The number of carbonyl (C=O) groups excluding carboxylic acids is 1. The van der Waals surface area contributed by atoms with E-state index in [1.165, 1.54) is 37.0 Å². The summed E-state index contributed by atoms with van der Waals surface area (Å²) in [6.07, 6.45) is 11.0. The largest absolute Gasteiger partial charge is 0.320 e. The van der Waals surface area contributed by atoms with Crippen LogP contribution in [0.1, 0.15) is 49.3 Å². The van der Waals surface area contributed by atoms with Crippen LogP contribution in [0.3, 0.4) is 0 Å². The fourth-order valence-electron chi connectivity index (χ4n) is 2.85. The zero-order chi connectivity index (χ0) is 13.9. The van der Waals surface area contributed by atoms with Crippen molar-refractivity contribution in [3.05, 3.63) is 11.1 Å². The van der Waals surface area contributed by atoms with E-state index in [2.05, 4.69) is 15.6 Å². The molecule has 1 heterocycles. The maximum absolute atomic E-state index is 12.0. The molecule has 0 aromatic carbocycles. The number of anilines is 1. The molecule has 1 aromatic heterocycles. The van der Waals surface area contributed by atoms with E-state index in [9.17, 15) is 4.79 Å². The van der Waals surface area contributed by atoms with Crippen molar-refractivity contribution in [2.45, 2.75) is 50.5 Å². The Morgan fingerprint density at radius 1 is 1.40 bits per heavy atom. The predicted octanol–water partition coefficient (Wildman–Crippen LogP) is 2.59. The van der Waals surface area contributed by atoms with E-state index in [4.69, 9.17) is 5.26 Å². The first-order valence-electron chi connectivity index (χ1n) is 7.19. The summed E-state index contributed by atoms with van der Waals surface area (Å²) in [6.45, 7) is 0. The molecular weight excluding hydrogens is 272 g/mol. The first-order valence-corrected chi connectivity index (χ1v) is 8.01. The maximum Gasteiger partial charge on any atom is 0.231 e. The van der Waals surface area contributed by atoms with Crippen molar-refractivity contribution in [1.82, 2.24) is 10.3 Å². The highest BCUT2D eigenvalue weighted by molar-refractivity contribution is 7.15. The third-order valence-electron chi connectivity index (χ3n) is 4.14. The van der Waals surface area contributed by atoms with Gasteiger partial charge in [-0.25, -0.2) is 4.98 Å². The van der Waals surface area contributed by atoms with Gasteiger partial charge < -0.3 is 10.6 Å². The molecule has 0 aliphatic heterocycles. The van der Waals surface area contributed by atoms with Crippen molar-refractivity contribution >= 4 is 22.4 Å². The molecule has 2 N–H and O–H groups in total. The topological polar surface area (TPSA) is 77.8 Å². The van der Waals surface area contributed by atoms with Crippen molar-refractivity contribution in [2.24, 2.45) is 5.92 Å². The molecule has 0 saturated heterocycles. The maximum atomic E-state index is 12.0. The predicted molar refractivity (Wildman–Crippen MR) is 77.2 cm³/mol. The molecule has 0 spiro atoms. The molecule has 0 bridgehead atoms. The highest BCUT2D eigenvalue weighted by atomic mass is 32.1. The van der Waals surface area contributed by atoms with Gasteiger partial charge in [-0.1, -0.05) is 19.3 Å². The number of amides is 1. The van der Waals surface area contributed by atoms with Crippen molar-refractivity contribution in [1.29, 1.82) is 5.26 Å². The average molecular weight is 290 g/mol. The van der Waals surface area contributed by atoms with Gasteiger partial charge in [-0.05, 0) is 25.2 Å². The normalized spacial score (nSPS) is 25.8. The lowest BCUT2D eigenvalue weighted by Gasteiger charge is -2.19. The molecule has 20 heavy (non-hydrogen) atoms. The van der Waals surface area contributed by atoms with Crippen molar-refractivity contribution in [3.8, 4) is 6.19 Å². The van der Waals surface area contributed by atoms with E-state index in [-0.39, 0.29) is 17.9 Å². The van der Waals surface area contributed by atoms with Crippen LogP contribution in [0.2, 0.25) is 0 Å². The number of carbonyl (C=O) groups is 1. The minimum atomic E-state index is -0.0864. The monoisotopic (exact) mass is 290 g/mol. The minimum absolute atomic E-state index is 0.0118. The Hall–Kier alpha value is -1.61. The molecule has 5 nitrogen and oxygen atoms in total. The van der Waals surface area contributed by atoms with Crippen LogP contribution in [0.5, 0.6) is 0 Å². The van der Waals surface area contributed by atoms with Gasteiger partial charge in [0.15, 0.2) is 11.3 Å². The van der Waals surface area contributed by atoms with Crippen LogP contribution in [0.25, 0.3) is 0 Å². The molecule has 2 saturated carbocycles. The van der Waals surface area contributed by atoms with Crippen LogP contribution < -0.4 is 10.6 Å². The third-order valence-corrected chi connectivity index (χ3v) is 5.21. The number of rotatable bonds is 4. The Kier molecular flexibility index (Phi) is 3.88. The van der Waals surface area contributed by atoms with E-state index >= 15 is 0 Å². The molecule has 2 atom stereocenters. The van der Waals surface area contributed by atoms with E-state index < -0.39 is 0 Å². The van der Waals surface area contributed by atoms with Crippen LogP contribution in [0, 0.1) is 17.4 Å². The summed E-state index contributed by atoms with van der Waals surface area (Å²) < 4.78 is 0. The summed E-state index contributed by atoms with van der Waals surface area (Å²) in [5.74, 6) is 0.514. The molecule has 6 heteroatoms. The summed E-state index contributed by atoms with van der Waals surface area (Å²) in [5.41, 5.74) is 0. The van der Waals surface area contributed by atoms with Gasteiger partial charge >= 0.3 is 0 Å². The lowest BCUT2D eigenvalue weighted by Crippen LogP contribution is -2.20. The number of thiazole rings is 1. The average Bonchev–Trinajstić information content (AvgIpc) is 3.09. The molecule has 3 rings (SSSR count). The Bertz CT molecular complexity index is 530. The number of hydrogen-bond acceptors (Lipinski definition) is 5. The number of nitriles is 1. The molecule has 2 aliphatic carbocycles. The van der Waals surface area contributed by atoms with Crippen LogP contribution >= 0.6 is 11.3 Å². The fraction of sp³-hybridized carbons (Fsp3) is 0.643. The molecule has 1 amide bonds.